The molecular weight excluding hydrogens is 442 g/mol. The van der Waals surface area contributed by atoms with Gasteiger partial charge in [0.1, 0.15) is 12.4 Å². The molecule has 0 unspecified atom stereocenters. The van der Waals surface area contributed by atoms with Crippen molar-refractivity contribution in [2.45, 2.75) is 6.61 Å². The summed E-state index contributed by atoms with van der Waals surface area (Å²) < 4.78 is 31.7. The second-order valence-electron chi connectivity index (χ2n) is 7.19. The van der Waals surface area contributed by atoms with E-state index in [2.05, 4.69) is 10.1 Å². The van der Waals surface area contributed by atoms with Crippen molar-refractivity contribution in [3.63, 3.8) is 0 Å². The fraction of sp³-hybridized carbons (Fsp3) is 0.200. The molecule has 1 heterocycles. The number of anilines is 1. The van der Waals surface area contributed by atoms with Crippen LogP contribution in [0.1, 0.15) is 15.9 Å². The number of carbonyl (C=O) groups excluding carboxylic acids is 2. The predicted molar refractivity (Wildman–Crippen MR) is 122 cm³/mol. The molecule has 0 saturated heterocycles. The van der Waals surface area contributed by atoms with E-state index >= 15 is 0 Å². The van der Waals surface area contributed by atoms with Crippen LogP contribution in [0.4, 0.5) is 5.69 Å². The smallest absolute Gasteiger partial charge is 0.343 e. The zero-order chi connectivity index (χ0) is 23.9. The highest BCUT2D eigenvalue weighted by Gasteiger charge is 2.15. The standard InChI is InChI=1S/C25H23NO8/c1-29-22-11-17(6-8-20(22)32-14-24(27)30-2)25(28)26-18-5-3-4-16(10-18)13-31-19-7-9-21-23(12-19)34-15-33-21/h3-12H,13-15H2,1-2H3,(H,26,28). The molecule has 1 aliphatic heterocycles. The van der Waals surface area contributed by atoms with Crippen molar-refractivity contribution in [2.75, 3.05) is 32.9 Å². The molecule has 3 aromatic carbocycles. The molecular formula is C25H23NO8. The zero-order valence-electron chi connectivity index (χ0n) is 18.7. The van der Waals surface area contributed by atoms with Crippen molar-refractivity contribution in [1.29, 1.82) is 0 Å². The fourth-order valence-corrected chi connectivity index (χ4v) is 3.20. The molecule has 176 valence electrons. The number of fused-ring (bicyclic) bond motifs is 1. The minimum atomic E-state index is -0.522. The third-order valence-corrected chi connectivity index (χ3v) is 4.93. The molecule has 4 rings (SSSR count). The Kier molecular flexibility index (Phi) is 7.02. The van der Waals surface area contributed by atoms with E-state index in [-0.39, 0.29) is 19.3 Å². The number of hydrogen-bond donors (Lipinski definition) is 1. The molecule has 1 N–H and O–H groups in total. The molecule has 0 radical (unpaired) electrons. The first-order valence-corrected chi connectivity index (χ1v) is 10.4. The molecule has 0 spiro atoms. The summed E-state index contributed by atoms with van der Waals surface area (Å²) in [4.78, 5) is 24.1. The summed E-state index contributed by atoms with van der Waals surface area (Å²) in [6.45, 7) is 0.249. The third-order valence-electron chi connectivity index (χ3n) is 4.93. The van der Waals surface area contributed by atoms with Crippen LogP contribution in [0.25, 0.3) is 0 Å². The number of methoxy groups -OCH3 is 2. The normalized spacial score (nSPS) is 11.5. The van der Waals surface area contributed by atoms with Crippen LogP contribution in [-0.4, -0.2) is 39.5 Å². The van der Waals surface area contributed by atoms with Gasteiger partial charge in [0.25, 0.3) is 5.91 Å². The molecule has 1 amide bonds. The third kappa shape index (κ3) is 5.50. The quantitative estimate of drug-likeness (QED) is 0.476. The number of hydrogen-bond acceptors (Lipinski definition) is 8. The van der Waals surface area contributed by atoms with Crippen LogP contribution in [0, 0.1) is 0 Å². The summed E-state index contributed by atoms with van der Waals surface area (Å²) in [6.07, 6.45) is 0. The Bertz CT molecular complexity index is 1190. The van der Waals surface area contributed by atoms with Crippen molar-refractivity contribution in [2.24, 2.45) is 0 Å². The number of ether oxygens (including phenoxy) is 6. The van der Waals surface area contributed by atoms with Crippen molar-refractivity contribution >= 4 is 17.6 Å². The van der Waals surface area contributed by atoms with Gasteiger partial charge in [0.15, 0.2) is 29.6 Å². The van der Waals surface area contributed by atoms with Crippen LogP contribution in [0.3, 0.4) is 0 Å². The van der Waals surface area contributed by atoms with Gasteiger partial charge in [-0.25, -0.2) is 4.79 Å². The van der Waals surface area contributed by atoms with Gasteiger partial charge in [-0.15, -0.1) is 0 Å². The minimum absolute atomic E-state index is 0.204. The fourth-order valence-electron chi connectivity index (χ4n) is 3.20. The van der Waals surface area contributed by atoms with E-state index in [0.29, 0.717) is 46.6 Å². The first kappa shape index (κ1) is 22.8. The number of rotatable bonds is 9. The Balaban J connectivity index is 1.38. The van der Waals surface area contributed by atoms with Crippen molar-refractivity contribution in [1.82, 2.24) is 0 Å². The topological polar surface area (TPSA) is 102 Å². The summed E-state index contributed by atoms with van der Waals surface area (Å²) in [5.41, 5.74) is 1.85. The van der Waals surface area contributed by atoms with Gasteiger partial charge in [0.2, 0.25) is 6.79 Å². The lowest BCUT2D eigenvalue weighted by molar-refractivity contribution is -0.142. The van der Waals surface area contributed by atoms with Gasteiger partial charge in [-0.1, -0.05) is 12.1 Å². The molecule has 0 bridgehead atoms. The summed E-state index contributed by atoms with van der Waals surface area (Å²) >= 11 is 0. The maximum atomic E-state index is 12.8. The van der Waals surface area contributed by atoms with E-state index in [9.17, 15) is 9.59 Å². The molecule has 0 aromatic heterocycles. The SMILES string of the molecule is COC(=O)COc1ccc(C(=O)Nc2cccc(COc3ccc4c(c3)OCO4)c2)cc1OC. The van der Waals surface area contributed by atoms with Crippen LogP contribution in [0.2, 0.25) is 0 Å². The minimum Gasteiger partial charge on any atom is -0.493 e. The van der Waals surface area contributed by atoms with E-state index in [1.807, 2.05) is 24.3 Å². The lowest BCUT2D eigenvalue weighted by Gasteiger charge is -2.12. The molecule has 9 nitrogen and oxygen atoms in total. The molecule has 0 aliphatic carbocycles. The van der Waals surface area contributed by atoms with Gasteiger partial charge in [-0.2, -0.15) is 0 Å². The molecule has 3 aromatic rings. The Labute approximate surface area is 196 Å². The molecule has 0 fully saturated rings. The molecule has 0 saturated carbocycles. The summed E-state index contributed by atoms with van der Waals surface area (Å²) in [5.74, 6) is 1.79. The van der Waals surface area contributed by atoms with Gasteiger partial charge in [0, 0.05) is 17.3 Å². The first-order valence-electron chi connectivity index (χ1n) is 10.4. The Morgan fingerprint density at radius 3 is 2.59 bits per heavy atom. The Morgan fingerprint density at radius 1 is 0.912 bits per heavy atom. The van der Waals surface area contributed by atoms with E-state index in [0.717, 1.165) is 5.56 Å². The highest BCUT2D eigenvalue weighted by molar-refractivity contribution is 6.04. The maximum Gasteiger partial charge on any atom is 0.343 e. The van der Waals surface area contributed by atoms with Crippen molar-refractivity contribution < 1.29 is 38.0 Å². The van der Waals surface area contributed by atoms with Gasteiger partial charge in [0.05, 0.1) is 14.2 Å². The monoisotopic (exact) mass is 465 g/mol. The number of carbonyl (C=O) groups is 2. The Morgan fingerprint density at radius 2 is 1.76 bits per heavy atom. The van der Waals surface area contributed by atoms with Crippen LogP contribution in [0.5, 0.6) is 28.7 Å². The van der Waals surface area contributed by atoms with Crippen LogP contribution < -0.4 is 29.0 Å². The lowest BCUT2D eigenvalue weighted by atomic mass is 10.1. The molecule has 34 heavy (non-hydrogen) atoms. The van der Waals surface area contributed by atoms with E-state index < -0.39 is 5.97 Å². The second-order valence-corrected chi connectivity index (χ2v) is 7.19. The lowest BCUT2D eigenvalue weighted by Crippen LogP contribution is -2.14. The van der Waals surface area contributed by atoms with E-state index in [1.54, 1.807) is 30.3 Å². The number of nitrogens with one attached hydrogen (secondary N) is 1. The second kappa shape index (κ2) is 10.5. The van der Waals surface area contributed by atoms with E-state index in [1.165, 1.54) is 20.3 Å². The highest BCUT2D eigenvalue weighted by Crippen LogP contribution is 2.35. The maximum absolute atomic E-state index is 12.8. The zero-order valence-corrected chi connectivity index (χ0v) is 18.7. The highest BCUT2D eigenvalue weighted by atomic mass is 16.7. The number of esters is 1. The predicted octanol–water partition coefficient (Wildman–Crippen LogP) is 3.81. The summed E-state index contributed by atoms with van der Waals surface area (Å²) in [6, 6.07) is 17.4. The van der Waals surface area contributed by atoms with Crippen LogP contribution in [-0.2, 0) is 16.1 Å². The van der Waals surface area contributed by atoms with Crippen molar-refractivity contribution in [3.05, 3.63) is 71.8 Å². The average molecular weight is 465 g/mol. The van der Waals surface area contributed by atoms with Crippen LogP contribution >= 0.6 is 0 Å². The molecule has 1 aliphatic rings. The summed E-state index contributed by atoms with van der Waals surface area (Å²) in [7, 11) is 2.72. The Hall–Kier alpha value is -4.40. The largest absolute Gasteiger partial charge is 0.493 e. The average Bonchev–Trinajstić information content (AvgIpc) is 3.34. The molecule has 9 heteroatoms. The van der Waals surface area contributed by atoms with Gasteiger partial charge < -0.3 is 33.7 Å². The number of benzene rings is 3. The first-order chi connectivity index (χ1) is 16.6. The van der Waals surface area contributed by atoms with E-state index in [4.69, 9.17) is 23.7 Å². The summed E-state index contributed by atoms with van der Waals surface area (Å²) in [5, 5.41) is 2.86. The van der Waals surface area contributed by atoms with Gasteiger partial charge in [-0.3, -0.25) is 4.79 Å². The van der Waals surface area contributed by atoms with Crippen LogP contribution in [0.15, 0.2) is 60.7 Å². The van der Waals surface area contributed by atoms with Crippen molar-refractivity contribution in [3.8, 4) is 28.7 Å². The number of amides is 1. The molecule has 0 atom stereocenters. The van der Waals surface area contributed by atoms with Gasteiger partial charge in [-0.05, 0) is 48.0 Å². The van der Waals surface area contributed by atoms with Gasteiger partial charge >= 0.3 is 5.97 Å².